The van der Waals surface area contributed by atoms with Gasteiger partial charge in [0.1, 0.15) is 5.69 Å². The van der Waals surface area contributed by atoms with Crippen LogP contribution in [0.4, 0.5) is 5.69 Å². The van der Waals surface area contributed by atoms with E-state index >= 15 is 0 Å². The molecule has 1 heterocycles. The SMILES string of the molecule is Cc1ccc(N(C)C(=O)c2csc(CCN)n2)cc1. The zero-order chi connectivity index (χ0) is 13.8. The van der Waals surface area contributed by atoms with Crippen molar-refractivity contribution in [2.75, 3.05) is 18.5 Å². The van der Waals surface area contributed by atoms with Crippen LogP contribution in [-0.4, -0.2) is 24.5 Å². The summed E-state index contributed by atoms with van der Waals surface area (Å²) in [4.78, 5) is 18.2. The summed E-state index contributed by atoms with van der Waals surface area (Å²) in [6.07, 6.45) is 0.714. The van der Waals surface area contributed by atoms with Crippen molar-refractivity contribution < 1.29 is 4.79 Å². The predicted octanol–water partition coefficient (Wildman–Crippen LogP) is 2.23. The van der Waals surface area contributed by atoms with Crippen LogP contribution in [0.5, 0.6) is 0 Å². The third kappa shape index (κ3) is 3.19. The third-order valence-electron chi connectivity index (χ3n) is 2.85. The zero-order valence-corrected chi connectivity index (χ0v) is 11.9. The first-order chi connectivity index (χ1) is 9.11. The van der Waals surface area contributed by atoms with Gasteiger partial charge in [0, 0.05) is 24.5 Å². The van der Waals surface area contributed by atoms with E-state index in [0.717, 1.165) is 10.7 Å². The fourth-order valence-electron chi connectivity index (χ4n) is 1.70. The number of amides is 1. The number of anilines is 1. The molecule has 0 atom stereocenters. The van der Waals surface area contributed by atoms with E-state index in [2.05, 4.69) is 4.98 Å². The number of carbonyl (C=O) groups excluding carboxylic acids is 1. The van der Waals surface area contributed by atoms with E-state index < -0.39 is 0 Å². The lowest BCUT2D eigenvalue weighted by molar-refractivity contribution is 0.0989. The van der Waals surface area contributed by atoms with Crippen molar-refractivity contribution in [3.8, 4) is 0 Å². The first kappa shape index (κ1) is 13.7. The Kier molecular flexibility index (Phi) is 4.29. The summed E-state index contributed by atoms with van der Waals surface area (Å²) in [6, 6.07) is 7.83. The first-order valence-corrected chi connectivity index (χ1v) is 6.99. The molecule has 0 unspecified atom stereocenters. The van der Waals surface area contributed by atoms with Crippen molar-refractivity contribution in [1.29, 1.82) is 0 Å². The van der Waals surface area contributed by atoms with E-state index in [0.29, 0.717) is 18.7 Å². The van der Waals surface area contributed by atoms with E-state index in [9.17, 15) is 4.79 Å². The van der Waals surface area contributed by atoms with Gasteiger partial charge in [-0.3, -0.25) is 4.79 Å². The third-order valence-corrected chi connectivity index (χ3v) is 3.76. The molecule has 1 aromatic carbocycles. The number of rotatable bonds is 4. The van der Waals surface area contributed by atoms with Crippen LogP contribution in [0.2, 0.25) is 0 Å². The zero-order valence-electron chi connectivity index (χ0n) is 11.1. The minimum atomic E-state index is -0.0941. The highest BCUT2D eigenvalue weighted by Crippen LogP contribution is 2.18. The summed E-state index contributed by atoms with van der Waals surface area (Å²) in [5.41, 5.74) is 8.00. The molecule has 0 saturated carbocycles. The van der Waals surface area contributed by atoms with Gasteiger partial charge in [0.2, 0.25) is 0 Å². The fourth-order valence-corrected chi connectivity index (χ4v) is 2.49. The number of hydrogen-bond donors (Lipinski definition) is 1. The fraction of sp³-hybridized carbons (Fsp3) is 0.286. The number of nitrogens with zero attached hydrogens (tertiary/aromatic N) is 2. The monoisotopic (exact) mass is 275 g/mol. The van der Waals surface area contributed by atoms with Gasteiger partial charge in [-0.1, -0.05) is 17.7 Å². The Morgan fingerprint density at radius 1 is 1.37 bits per heavy atom. The maximum atomic E-state index is 12.3. The molecule has 0 spiro atoms. The molecule has 1 amide bonds. The van der Waals surface area contributed by atoms with Gasteiger partial charge >= 0.3 is 0 Å². The van der Waals surface area contributed by atoms with Crippen LogP contribution >= 0.6 is 11.3 Å². The molecule has 0 aliphatic carbocycles. The number of carbonyl (C=O) groups is 1. The van der Waals surface area contributed by atoms with Crippen LogP contribution in [0.15, 0.2) is 29.6 Å². The molecule has 0 radical (unpaired) electrons. The van der Waals surface area contributed by atoms with Gasteiger partial charge in [-0.2, -0.15) is 0 Å². The molecular formula is C14H17N3OS. The summed E-state index contributed by atoms with van der Waals surface area (Å²) >= 11 is 1.48. The molecule has 0 aliphatic heterocycles. The highest BCUT2D eigenvalue weighted by molar-refractivity contribution is 7.09. The summed E-state index contributed by atoms with van der Waals surface area (Å²) in [5.74, 6) is -0.0941. The molecule has 0 fully saturated rings. The minimum absolute atomic E-state index is 0.0941. The number of aromatic nitrogens is 1. The van der Waals surface area contributed by atoms with E-state index in [1.807, 2.05) is 31.2 Å². The number of thiazole rings is 1. The predicted molar refractivity (Wildman–Crippen MR) is 78.8 cm³/mol. The van der Waals surface area contributed by atoms with Crippen molar-refractivity contribution in [3.63, 3.8) is 0 Å². The average molecular weight is 275 g/mol. The maximum absolute atomic E-state index is 12.3. The Morgan fingerprint density at radius 2 is 2.05 bits per heavy atom. The molecule has 2 rings (SSSR count). The Morgan fingerprint density at radius 3 is 2.68 bits per heavy atom. The van der Waals surface area contributed by atoms with Gasteiger partial charge in [-0.25, -0.2) is 4.98 Å². The van der Waals surface area contributed by atoms with Gasteiger partial charge in [-0.05, 0) is 25.6 Å². The number of nitrogens with two attached hydrogens (primary N) is 1. The summed E-state index contributed by atoms with van der Waals surface area (Å²) in [6.45, 7) is 2.57. The van der Waals surface area contributed by atoms with Crippen molar-refractivity contribution in [1.82, 2.24) is 4.98 Å². The van der Waals surface area contributed by atoms with Crippen LogP contribution in [0.3, 0.4) is 0 Å². The van der Waals surface area contributed by atoms with Crippen molar-refractivity contribution >= 4 is 22.9 Å². The van der Waals surface area contributed by atoms with Gasteiger partial charge in [0.25, 0.3) is 5.91 Å². The summed E-state index contributed by atoms with van der Waals surface area (Å²) in [7, 11) is 1.76. The second kappa shape index (κ2) is 5.95. The first-order valence-electron chi connectivity index (χ1n) is 6.11. The van der Waals surface area contributed by atoms with Crippen LogP contribution < -0.4 is 10.6 Å². The van der Waals surface area contributed by atoms with E-state index in [-0.39, 0.29) is 5.91 Å². The van der Waals surface area contributed by atoms with E-state index in [1.165, 1.54) is 16.9 Å². The van der Waals surface area contributed by atoms with Crippen molar-refractivity contribution in [3.05, 3.63) is 45.9 Å². The molecule has 0 saturated heterocycles. The maximum Gasteiger partial charge on any atom is 0.277 e. The van der Waals surface area contributed by atoms with E-state index in [1.54, 1.807) is 17.3 Å². The Bertz CT molecular complexity index is 562. The molecule has 5 heteroatoms. The standard InChI is InChI=1S/C14H17N3OS/c1-10-3-5-11(6-4-10)17(2)14(18)12-9-19-13(16-12)7-8-15/h3-6,9H,7-8,15H2,1-2H3. The quantitative estimate of drug-likeness (QED) is 0.931. The minimum Gasteiger partial charge on any atom is -0.330 e. The second-order valence-electron chi connectivity index (χ2n) is 4.36. The summed E-state index contributed by atoms with van der Waals surface area (Å²) < 4.78 is 0. The van der Waals surface area contributed by atoms with Crippen LogP contribution in [-0.2, 0) is 6.42 Å². The van der Waals surface area contributed by atoms with Crippen LogP contribution in [0.1, 0.15) is 21.1 Å². The molecule has 19 heavy (non-hydrogen) atoms. The topological polar surface area (TPSA) is 59.2 Å². The second-order valence-corrected chi connectivity index (χ2v) is 5.31. The number of hydrogen-bond acceptors (Lipinski definition) is 4. The molecule has 1 aromatic heterocycles. The number of benzene rings is 1. The lowest BCUT2D eigenvalue weighted by Crippen LogP contribution is -2.26. The van der Waals surface area contributed by atoms with Crippen molar-refractivity contribution in [2.45, 2.75) is 13.3 Å². The highest BCUT2D eigenvalue weighted by Gasteiger charge is 2.16. The van der Waals surface area contributed by atoms with Gasteiger partial charge in [0.15, 0.2) is 0 Å². The smallest absolute Gasteiger partial charge is 0.277 e. The Labute approximate surface area is 116 Å². The van der Waals surface area contributed by atoms with Crippen LogP contribution in [0, 0.1) is 6.92 Å². The molecule has 100 valence electrons. The lowest BCUT2D eigenvalue weighted by Gasteiger charge is -2.16. The summed E-state index contributed by atoms with van der Waals surface area (Å²) in [5, 5.41) is 2.70. The lowest BCUT2D eigenvalue weighted by atomic mass is 10.2. The molecule has 2 aromatic rings. The van der Waals surface area contributed by atoms with Gasteiger partial charge in [0.05, 0.1) is 5.01 Å². The largest absolute Gasteiger partial charge is 0.330 e. The molecule has 2 N–H and O–H groups in total. The van der Waals surface area contributed by atoms with Gasteiger partial charge < -0.3 is 10.6 Å². The molecule has 4 nitrogen and oxygen atoms in total. The van der Waals surface area contributed by atoms with E-state index in [4.69, 9.17) is 5.73 Å². The normalized spacial score (nSPS) is 10.5. The molecule has 0 bridgehead atoms. The molecular weight excluding hydrogens is 258 g/mol. The van der Waals surface area contributed by atoms with Crippen molar-refractivity contribution in [2.24, 2.45) is 5.73 Å². The Balaban J connectivity index is 2.15. The Hall–Kier alpha value is -1.72. The molecule has 0 aliphatic rings. The average Bonchev–Trinajstić information content (AvgIpc) is 2.87. The number of aryl methyl sites for hydroxylation is 1. The van der Waals surface area contributed by atoms with Crippen LogP contribution in [0.25, 0.3) is 0 Å². The highest BCUT2D eigenvalue weighted by atomic mass is 32.1. The van der Waals surface area contributed by atoms with Gasteiger partial charge in [-0.15, -0.1) is 11.3 Å².